The fourth-order valence-corrected chi connectivity index (χ4v) is 8.51. The van der Waals surface area contributed by atoms with Crippen molar-refractivity contribution in [2.24, 2.45) is 11.8 Å². The minimum atomic E-state index is -0.926. The average Bonchev–Trinajstić information content (AvgIpc) is 3.22. The predicted octanol–water partition coefficient (Wildman–Crippen LogP) is 2.94. The van der Waals surface area contributed by atoms with Crippen molar-refractivity contribution in [2.75, 3.05) is 19.8 Å². The normalized spacial score (nSPS) is 35.6. The van der Waals surface area contributed by atoms with Gasteiger partial charge in [-0.3, -0.25) is 14.4 Å². The Hall–Kier alpha value is -2.58. The molecule has 0 aliphatic carbocycles. The number of esters is 1. The van der Waals surface area contributed by atoms with Crippen molar-refractivity contribution in [1.82, 2.24) is 9.80 Å². The van der Waals surface area contributed by atoms with Gasteiger partial charge in [0.05, 0.1) is 35.8 Å². The molecule has 8 heteroatoms. The highest BCUT2D eigenvalue weighted by Gasteiger charge is 2.74. The average molecular weight is 511 g/mol. The van der Waals surface area contributed by atoms with Gasteiger partial charge in [0, 0.05) is 17.8 Å². The van der Waals surface area contributed by atoms with E-state index in [2.05, 4.69) is 6.08 Å². The van der Waals surface area contributed by atoms with Crippen LogP contribution in [0.3, 0.4) is 0 Å². The van der Waals surface area contributed by atoms with E-state index in [0.717, 1.165) is 18.4 Å². The fraction of sp³-hybridized carbons (Fsp3) is 0.536. The number of nitrogens with zero attached hydrogens (tertiary/aromatic N) is 2. The predicted molar refractivity (Wildman–Crippen MR) is 138 cm³/mol. The Morgan fingerprint density at radius 2 is 1.89 bits per heavy atom. The first-order valence-electron chi connectivity index (χ1n) is 12.8. The lowest BCUT2D eigenvalue weighted by molar-refractivity contribution is -0.154. The molecule has 0 bridgehead atoms. The number of hydrogen-bond acceptors (Lipinski definition) is 6. The summed E-state index contributed by atoms with van der Waals surface area (Å²) in [5, 5.41) is 10.2. The second-order valence-electron chi connectivity index (χ2n) is 10.3. The van der Waals surface area contributed by atoms with Crippen LogP contribution in [0.1, 0.15) is 38.7 Å². The molecule has 5 rings (SSSR count). The van der Waals surface area contributed by atoms with Crippen LogP contribution < -0.4 is 0 Å². The Morgan fingerprint density at radius 1 is 1.11 bits per heavy atom. The van der Waals surface area contributed by atoms with E-state index < -0.39 is 33.4 Å². The first kappa shape index (κ1) is 25.1. The minimum absolute atomic E-state index is 0.147. The summed E-state index contributed by atoms with van der Waals surface area (Å²) in [6.07, 6.45) is 10.1. The number of carbonyl (C=O) groups is 3. The number of rotatable bonds is 5. The molecule has 0 aromatic heterocycles. The summed E-state index contributed by atoms with van der Waals surface area (Å²) < 4.78 is 4.03. The van der Waals surface area contributed by atoms with Crippen LogP contribution in [-0.2, 0) is 25.7 Å². The van der Waals surface area contributed by atoms with Crippen LogP contribution in [0.25, 0.3) is 0 Å². The number of cyclic esters (lactones) is 1. The topological polar surface area (TPSA) is 87.2 Å². The first-order valence-corrected chi connectivity index (χ1v) is 13.7. The minimum Gasteiger partial charge on any atom is -0.465 e. The quantitative estimate of drug-likeness (QED) is 0.484. The monoisotopic (exact) mass is 510 g/mol. The molecular formula is C28H34N2O5S. The van der Waals surface area contributed by atoms with E-state index in [-0.39, 0.29) is 24.4 Å². The highest BCUT2D eigenvalue weighted by atomic mass is 32.2. The summed E-state index contributed by atoms with van der Waals surface area (Å²) >= 11 is 1.54. The third-order valence-electron chi connectivity index (χ3n) is 8.06. The summed E-state index contributed by atoms with van der Waals surface area (Å²) in [6.45, 7) is 4.80. The van der Waals surface area contributed by atoms with Gasteiger partial charge in [-0.05, 0) is 31.7 Å². The van der Waals surface area contributed by atoms with Crippen LogP contribution in [0, 0.1) is 11.8 Å². The number of fused-ring (bicyclic) bond motifs is 2. The molecule has 4 heterocycles. The van der Waals surface area contributed by atoms with Crippen molar-refractivity contribution in [3.63, 3.8) is 0 Å². The highest BCUT2D eigenvalue weighted by Crippen LogP contribution is 2.65. The van der Waals surface area contributed by atoms with Gasteiger partial charge >= 0.3 is 5.97 Å². The summed E-state index contributed by atoms with van der Waals surface area (Å²) in [6, 6.07) is 8.48. The van der Waals surface area contributed by atoms with E-state index in [1.807, 2.05) is 62.4 Å². The molecule has 192 valence electrons. The molecule has 4 aliphatic rings. The largest absolute Gasteiger partial charge is 0.465 e. The zero-order chi connectivity index (χ0) is 25.5. The molecule has 1 spiro atoms. The van der Waals surface area contributed by atoms with Gasteiger partial charge in [-0.15, -0.1) is 11.8 Å². The zero-order valence-corrected chi connectivity index (χ0v) is 21.7. The Bertz CT molecular complexity index is 1090. The Kier molecular flexibility index (Phi) is 6.76. The molecule has 36 heavy (non-hydrogen) atoms. The number of allylic oxidation sites excluding steroid dienone is 1. The van der Waals surface area contributed by atoms with Crippen molar-refractivity contribution in [2.45, 2.75) is 61.2 Å². The number of amides is 2. The fourth-order valence-electron chi connectivity index (χ4n) is 6.37. The Morgan fingerprint density at radius 3 is 2.61 bits per heavy atom. The summed E-state index contributed by atoms with van der Waals surface area (Å²) in [7, 11) is 0. The highest BCUT2D eigenvalue weighted by molar-refractivity contribution is 8.02. The first-order chi connectivity index (χ1) is 17.4. The smallest absolute Gasteiger partial charge is 0.311 e. The molecule has 4 aliphatic heterocycles. The second-order valence-corrected chi connectivity index (χ2v) is 12.1. The number of likely N-dealkylation sites (tertiary alicyclic amines) is 1. The second kappa shape index (κ2) is 9.71. The van der Waals surface area contributed by atoms with Gasteiger partial charge in [0.25, 0.3) is 0 Å². The molecule has 2 amide bonds. The molecule has 7 nitrogen and oxygen atoms in total. The van der Waals surface area contributed by atoms with Gasteiger partial charge in [0.15, 0.2) is 0 Å². The van der Waals surface area contributed by atoms with Crippen LogP contribution in [-0.4, -0.2) is 74.0 Å². The molecule has 2 saturated heterocycles. The molecular weight excluding hydrogens is 476 g/mol. The summed E-state index contributed by atoms with van der Waals surface area (Å²) in [5.74, 6) is -2.23. The van der Waals surface area contributed by atoms with Crippen molar-refractivity contribution < 1.29 is 24.2 Å². The Labute approximate surface area is 216 Å². The number of hydrogen-bond donors (Lipinski definition) is 1. The van der Waals surface area contributed by atoms with Crippen molar-refractivity contribution >= 4 is 29.5 Å². The summed E-state index contributed by atoms with van der Waals surface area (Å²) in [4.78, 5) is 45.3. The number of ether oxygens (including phenoxy) is 1. The number of carbonyl (C=O) groups excluding carboxylic acids is 3. The van der Waals surface area contributed by atoms with Crippen LogP contribution in [0.4, 0.5) is 0 Å². The molecule has 1 aromatic carbocycles. The van der Waals surface area contributed by atoms with E-state index in [1.54, 1.807) is 9.80 Å². The van der Waals surface area contributed by atoms with Gasteiger partial charge in [-0.25, -0.2) is 0 Å². The van der Waals surface area contributed by atoms with Crippen LogP contribution >= 0.6 is 11.8 Å². The van der Waals surface area contributed by atoms with E-state index >= 15 is 0 Å². The van der Waals surface area contributed by atoms with Crippen LogP contribution in [0.5, 0.6) is 0 Å². The number of aliphatic hydroxyl groups excluding tert-OH is 1. The van der Waals surface area contributed by atoms with Gasteiger partial charge in [-0.2, -0.15) is 0 Å². The molecule has 0 radical (unpaired) electrons. The number of benzene rings is 1. The zero-order valence-electron chi connectivity index (χ0n) is 20.8. The molecule has 0 saturated carbocycles. The third kappa shape index (κ3) is 3.89. The van der Waals surface area contributed by atoms with Crippen LogP contribution in [0.2, 0.25) is 0 Å². The molecule has 6 atom stereocenters. The third-order valence-corrected chi connectivity index (χ3v) is 9.86. The molecule has 1 unspecified atom stereocenters. The lowest BCUT2D eigenvalue weighted by Crippen LogP contribution is -2.56. The van der Waals surface area contributed by atoms with Gasteiger partial charge in [0.1, 0.15) is 6.04 Å². The lowest BCUT2D eigenvalue weighted by Gasteiger charge is -2.39. The molecule has 1 N–H and O–H groups in total. The van der Waals surface area contributed by atoms with Crippen molar-refractivity contribution in [1.29, 1.82) is 0 Å². The molecule has 1 aromatic rings. The SMILES string of the molecule is CC[C@@H](CO)N1C(=O)[C@@H]2[C@H]3C(=O)OCCC/C=C\[C@@]3(C)S[C@@]23C=CCN(Cc2ccccc2)C(=O)C13. The van der Waals surface area contributed by atoms with Crippen molar-refractivity contribution in [3.05, 3.63) is 60.2 Å². The van der Waals surface area contributed by atoms with Gasteiger partial charge < -0.3 is 19.6 Å². The van der Waals surface area contributed by atoms with E-state index in [0.29, 0.717) is 26.1 Å². The van der Waals surface area contributed by atoms with Gasteiger partial charge in [-0.1, -0.05) is 61.6 Å². The standard InChI is InChI=1S/C28H34N2O5S/c1-3-20(18-31)30-23-25(33)29(17-19-11-6-4-7-12-19)15-10-14-28(23)21(24(30)32)22-26(34)35-16-9-5-8-13-27(22,2)36-28/h4,6-8,10-14,20-23,31H,3,5,9,15-18H2,1-2H3/b13-8-/t20-,21-,22-,23?,27+,28-/m0/s1. The van der Waals surface area contributed by atoms with Gasteiger partial charge in [0.2, 0.25) is 11.8 Å². The van der Waals surface area contributed by atoms with E-state index in [9.17, 15) is 19.5 Å². The maximum atomic E-state index is 14.3. The Balaban J connectivity index is 1.63. The molecule has 2 fully saturated rings. The lowest BCUT2D eigenvalue weighted by atomic mass is 9.74. The van der Waals surface area contributed by atoms with E-state index in [4.69, 9.17) is 4.74 Å². The maximum Gasteiger partial charge on any atom is 0.311 e. The van der Waals surface area contributed by atoms with Crippen molar-refractivity contribution in [3.8, 4) is 0 Å². The number of thioether (sulfide) groups is 1. The summed E-state index contributed by atoms with van der Waals surface area (Å²) in [5.41, 5.74) is 1.01. The maximum absolute atomic E-state index is 14.3. The van der Waals surface area contributed by atoms with E-state index in [1.165, 1.54) is 11.8 Å². The van der Waals surface area contributed by atoms with Crippen LogP contribution in [0.15, 0.2) is 54.6 Å². The number of aliphatic hydroxyl groups is 1.